The number of hydrogen-bond donors (Lipinski definition) is 1. The highest BCUT2D eigenvalue weighted by molar-refractivity contribution is 5.80. The summed E-state index contributed by atoms with van der Waals surface area (Å²) in [6.07, 6.45) is 4.06. The maximum Gasteiger partial charge on any atom is 0.315 e. The second kappa shape index (κ2) is 4.72. The van der Waals surface area contributed by atoms with Gasteiger partial charge in [-0.05, 0) is 34.9 Å². The summed E-state index contributed by atoms with van der Waals surface area (Å²) >= 11 is 0. The summed E-state index contributed by atoms with van der Waals surface area (Å²) in [5, 5.41) is 9.48. The molecule has 96 valence electrons. The molecule has 1 N–H and O–H groups in total. The third kappa shape index (κ3) is 2.17. The Balaban J connectivity index is 2.04. The fraction of sp³-hybridized carbons (Fsp3) is 0.200. The molecule has 0 radical (unpaired) electrons. The molecular weight excluding hydrogens is 242 g/mol. The molecule has 1 aliphatic rings. The molecule has 19 heavy (non-hydrogen) atoms. The second-order valence-electron chi connectivity index (χ2n) is 4.52. The van der Waals surface area contributed by atoms with Crippen molar-refractivity contribution in [3.63, 3.8) is 0 Å². The summed E-state index contributed by atoms with van der Waals surface area (Å²) in [7, 11) is 0. The molecule has 0 amide bonds. The maximum absolute atomic E-state index is 11.5. The highest BCUT2D eigenvalue weighted by Crippen LogP contribution is 2.31. The number of hydrogen-bond acceptors (Lipinski definition) is 3. The quantitative estimate of drug-likeness (QED) is 0.913. The summed E-state index contributed by atoms with van der Waals surface area (Å²) in [4.78, 5) is 15.5. The Hall–Kier alpha value is -2.36. The van der Waals surface area contributed by atoms with Crippen molar-refractivity contribution in [3.8, 4) is 5.75 Å². The highest BCUT2D eigenvalue weighted by Gasteiger charge is 2.24. The van der Waals surface area contributed by atoms with E-state index in [1.165, 1.54) is 0 Å². The largest absolute Gasteiger partial charge is 0.493 e. The molecule has 1 unspecified atom stereocenters. The van der Waals surface area contributed by atoms with E-state index in [0.29, 0.717) is 6.61 Å². The molecule has 0 fully saturated rings. The highest BCUT2D eigenvalue weighted by atomic mass is 16.5. The molecule has 0 bridgehead atoms. The van der Waals surface area contributed by atoms with Crippen LogP contribution in [0, 0.1) is 0 Å². The lowest BCUT2D eigenvalue weighted by Gasteiger charge is -2.14. The second-order valence-corrected chi connectivity index (χ2v) is 4.52. The number of nitrogens with zero attached hydrogens (tertiary/aromatic N) is 1. The number of fused-ring (bicyclic) bond motifs is 1. The van der Waals surface area contributed by atoms with Crippen LogP contribution in [0.3, 0.4) is 0 Å². The van der Waals surface area contributed by atoms with Gasteiger partial charge in [-0.25, -0.2) is 0 Å². The van der Waals surface area contributed by atoms with Crippen LogP contribution in [0.1, 0.15) is 22.6 Å². The van der Waals surface area contributed by atoms with Gasteiger partial charge in [0.2, 0.25) is 0 Å². The van der Waals surface area contributed by atoms with Crippen LogP contribution in [0.25, 0.3) is 0 Å². The van der Waals surface area contributed by atoms with Gasteiger partial charge in [-0.15, -0.1) is 0 Å². The molecule has 0 saturated heterocycles. The number of rotatable bonds is 3. The van der Waals surface area contributed by atoms with Crippen LogP contribution >= 0.6 is 0 Å². The van der Waals surface area contributed by atoms with Crippen molar-refractivity contribution in [1.29, 1.82) is 0 Å². The summed E-state index contributed by atoms with van der Waals surface area (Å²) < 4.78 is 5.44. The number of aromatic nitrogens is 1. The Kier molecular flexibility index (Phi) is 2.91. The lowest BCUT2D eigenvalue weighted by atomic mass is 9.90. The molecule has 0 saturated carbocycles. The summed E-state index contributed by atoms with van der Waals surface area (Å²) in [5.41, 5.74) is 2.60. The van der Waals surface area contributed by atoms with E-state index in [9.17, 15) is 9.90 Å². The standard InChI is InChI=1S/C15H13NO3/c17-15(18)14(10-3-6-16-7-4-10)12-1-2-13-11(9-12)5-8-19-13/h1-4,6-7,9,14H,5,8H2,(H,17,18). The van der Waals surface area contributed by atoms with E-state index in [1.807, 2.05) is 18.2 Å². The third-order valence-corrected chi connectivity index (χ3v) is 3.33. The molecule has 3 rings (SSSR count). The third-order valence-electron chi connectivity index (χ3n) is 3.33. The smallest absolute Gasteiger partial charge is 0.315 e. The average Bonchev–Trinajstić information content (AvgIpc) is 2.87. The van der Waals surface area contributed by atoms with Gasteiger partial charge in [0.25, 0.3) is 0 Å². The first-order chi connectivity index (χ1) is 9.25. The van der Waals surface area contributed by atoms with E-state index < -0.39 is 11.9 Å². The predicted molar refractivity (Wildman–Crippen MR) is 69.4 cm³/mol. The van der Waals surface area contributed by atoms with Crippen LogP contribution in [0.2, 0.25) is 0 Å². The number of aliphatic carboxylic acids is 1. The normalized spacial score (nSPS) is 14.5. The minimum absolute atomic E-state index is 0.658. The predicted octanol–water partition coefficient (Wildman–Crippen LogP) is 2.23. The van der Waals surface area contributed by atoms with Crippen LogP contribution in [0.5, 0.6) is 5.75 Å². The zero-order chi connectivity index (χ0) is 13.2. The number of benzene rings is 1. The van der Waals surface area contributed by atoms with Gasteiger partial charge in [0.05, 0.1) is 6.61 Å². The van der Waals surface area contributed by atoms with Gasteiger partial charge in [-0.2, -0.15) is 0 Å². The lowest BCUT2D eigenvalue weighted by molar-refractivity contribution is -0.137. The van der Waals surface area contributed by atoms with Gasteiger partial charge in [0, 0.05) is 18.8 Å². The van der Waals surface area contributed by atoms with Crippen molar-refractivity contribution in [2.75, 3.05) is 6.61 Å². The van der Waals surface area contributed by atoms with Crippen molar-refractivity contribution in [2.45, 2.75) is 12.3 Å². The van der Waals surface area contributed by atoms with Crippen molar-refractivity contribution in [1.82, 2.24) is 4.98 Å². The molecule has 1 aromatic heterocycles. The molecule has 1 aromatic carbocycles. The van der Waals surface area contributed by atoms with Crippen molar-refractivity contribution >= 4 is 5.97 Å². The van der Waals surface area contributed by atoms with E-state index in [2.05, 4.69) is 4.98 Å². The number of pyridine rings is 1. The van der Waals surface area contributed by atoms with Gasteiger partial charge in [0.1, 0.15) is 11.7 Å². The Morgan fingerprint density at radius 1 is 1.21 bits per heavy atom. The lowest BCUT2D eigenvalue weighted by Crippen LogP contribution is -2.13. The molecule has 4 heteroatoms. The average molecular weight is 255 g/mol. The number of ether oxygens (including phenoxy) is 1. The number of carbonyl (C=O) groups is 1. The Labute approximate surface area is 110 Å². The minimum atomic E-state index is -0.856. The van der Waals surface area contributed by atoms with E-state index in [-0.39, 0.29) is 0 Å². The van der Waals surface area contributed by atoms with Gasteiger partial charge in [0.15, 0.2) is 0 Å². The SMILES string of the molecule is O=C(O)C(c1ccncc1)c1ccc2c(c1)CCO2. The van der Waals surface area contributed by atoms with Crippen LogP contribution < -0.4 is 4.74 Å². The maximum atomic E-state index is 11.5. The number of carboxylic acids is 1. The van der Waals surface area contributed by atoms with Crippen molar-refractivity contribution < 1.29 is 14.6 Å². The Morgan fingerprint density at radius 2 is 2.00 bits per heavy atom. The van der Waals surface area contributed by atoms with Crippen molar-refractivity contribution in [3.05, 3.63) is 59.4 Å². The van der Waals surface area contributed by atoms with E-state index in [4.69, 9.17) is 4.74 Å². The molecule has 0 spiro atoms. The van der Waals surface area contributed by atoms with Gasteiger partial charge in [-0.3, -0.25) is 9.78 Å². The van der Waals surface area contributed by atoms with Gasteiger partial charge in [-0.1, -0.05) is 12.1 Å². The first-order valence-electron chi connectivity index (χ1n) is 6.14. The summed E-state index contributed by atoms with van der Waals surface area (Å²) in [5.74, 6) is -0.651. The van der Waals surface area contributed by atoms with Crippen LogP contribution in [-0.2, 0) is 11.2 Å². The first kappa shape index (κ1) is 11.7. The molecule has 2 heterocycles. The molecule has 0 aliphatic carbocycles. The van der Waals surface area contributed by atoms with Crippen LogP contribution in [0.15, 0.2) is 42.7 Å². The molecule has 1 atom stereocenters. The molecule has 1 aliphatic heterocycles. The zero-order valence-electron chi connectivity index (χ0n) is 10.2. The summed E-state index contributed by atoms with van der Waals surface area (Å²) in [6.45, 7) is 0.672. The fourth-order valence-electron chi connectivity index (χ4n) is 2.42. The minimum Gasteiger partial charge on any atom is -0.493 e. The monoisotopic (exact) mass is 255 g/mol. The topological polar surface area (TPSA) is 59.4 Å². The first-order valence-corrected chi connectivity index (χ1v) is 6.14. The van der Waals surface area contributed by atoms with Crippen LogP contribution in [-0.4, -0.2) is 22.7 Å². The Morgan fingerprint density at radius 3 is 2.74 bits per heavy atom. The Bertz CT molecular complexity index is 610. The molecular formula is C15H13NO3. The summed E-state index contributed by atoms with van der Waals surface area (Å²) in [6, 6.07) is 9.09. The van der Waals surface area contributed by atoms with E-state index in [1.54, 1.807) is 24.5 Å². The van der Waals surface area contributed by atoms with Crippen molar-refractivity contribution in [2.24, 2.45) is 0 Å². The fourth-order valence-corrected chi connectivity index (χ4v) is 2.42. The van der Waals surface area contributed by atoms with E-state index in [0.717, 1.165) is 28.9 Å². The molecule has 4 nitrogen and oxygen atoms in total. The number of carboxylic acid groups (broad SMARTS) is 1. The van der Waals surface area contributed by atoms with Gasteiger partial charge >= 0.3 is 5.97 Å². The van der Waals surface area contributed by atoms with E-state index >= 15 is 0 Å². The molecule has 2 aromatic rings. The zero-order valence-corrected chi connectivity index (χ0v) is 10.2. The van der Waals surface area contributed by atoms with Crippen LogP contribution in [0.4, 0.5) is 0 Å². The van der Waals surface area contributed by atoms with Gasteiger partial charge < -0.3 is 9.84 Å².